The summed E-state index contributed by atoms with van der Waals surface area (Å²) in [6.07, 6.45) is -43.5. The van der Waals surface area contributed by atoms with Crippen molar-refractivity contribution >= 4 is 0 Å². The fourth-order valence-corrected chi connectivity index (χ4v) is 6.17. The van der Waals surface area contributed by atoms with Crippen LogP contribution in [0.15, 0.2) is 46.1 Å². The quantitative estimate of drug-likeness (QED) is 0.0915. The molecule has 0 aromatic rings. The zero-order valence-electron chi connectivity index (χ0n) is 34.7. The first-order valence-electron chi connectivity index (χ1n) is 19.9. The van der Waals surface area contributed by atoms with Gasteiger partial charge in [0, 0.05) is 58.7 Å². The van der Waals surface area contributed by atoms with E-state index < -0.39 is 223 Å². The van der Waals surface area contributed by atoms with Crippen LogP contribution in [0.1, 0.15) is 32.1 Å². The molecule has 0 spiro atoms. The van der Waals surface area contributed by atoms with Gasteiger partial charge in [-0.1, -0.05) is 0 Å². The number of hydrogen-bond donors (Lipinski definition) is 23. The van der Waals surface area contributed by atoms with E-state index in [1.54, 1.807) is 0 Å². The molecule has 1 saturated heterocycles. The fraction of sp³-hybridized carbons (Fsp3) is 0.778. The number of aliphatic hydroxyl groups excluding tert-OH is 23. The number of hydrogen-bond acceptors (Lipinski definition) is 30. The van der Waals surface area contributed by atoms with Gasteiger partial charge >= 0.3 is 0 Å². The minimum Gasteiger partial charge on any atom is -0.506 e. The van der Waals surface area contributed by atoms with Gasteiger partial charge in [0.1, 0.15) is 61.0 Å². The van der Waals surface area contributed by atoms with Crippen LogP contribution in [-0.4, -0.2) is 262 Å². The number of rotatable bonds is 11. The highest BCUT2D eigenvalue weighted by molar-refractivity contribution is 5.13. The van der Waals surface area contributed by atoms with Crippen LogP contribution in [0.25, 0.3) is 0 Å². The smallest absolute Gasteiger partial charge is 0.218 e. The molecule has 3 aliphatic rings. The lowest BCUT2D eigenvalue weighted by molar-refractivity contribution is -0.340. The van der Waals surface area contributed by atoms with Crippen LogP contribution < -0.4 is 0 Å². The monoisotopic (exact) mass is 974 g/mol. The molecule has 30 heteroatoms. The predicted octanol–water partition coefficient (Wildman–Crippen LogP) is -6.71. The van der Waals surface area contributed by atoms with Crippen LogP contribution in [0.2, 0.25) is 0 Å². The summed E-state index contributed by atoms with van der Waals surface area (Å²) in [6.45, 7) is -5.70. The third-order valence-electron chi connectivity index (χ3n) is 9.81. The van der Waals surface area contributed by atoms with Crippen molar-refractivity contribution in [2.45, 2.75) is 137 Å². The number of ether oxygens (including phenoxy) is 7. The van der Waals surface area contributed by atoms with Gasteiger partial charge in [0.2, 0.25) is 25.2 Å². The van der Waals surface area contributed by atoms with Crippen molar-refractivity contribution < 1.29 is 151 Å². The third kappa shape index (κ3) is 15.5. The third-order valence-corrected chi connectivity index (χ3v) is 9.81. The van der Waals surface area contributed by atoms with Crippen molar-refractivity contribution in [2.75, 3.05) is 39.6 Å². The standard InChI is InChI=1S/C36H62O30/c37-6-1-12-18(43)24(49)31(55)61-13(2-7-38)19(44)26(51)33(57)63-15(4-9-40)21(46)28(53)35(59)66-30-17(11-42)65-36(29(54)23(30)48)64-16(5-10-41)22(47)27(52)34(58)62-14(3-8-39)20(45)25(50)32(56)60-12/h12-17,21,23,28-59H,1-11H2/b24-18+,25-20-,26-19+,27-22+. The van der Waals surface area contributed by atoms with Gasteiger partial charge in [-0.3, -0.25) is 0 Å². The molecule has 3 heterocycles. The maximum Gasteiger partial charge on any atom is 0.218 e. The molecule has 0 aromatic heterocycles. The van der Waals surface area contributed by atoms with Crippen molar-refractivity contribution in [1.29, 1.82) is 0 Å². The Hall–Kier alpha value is -3.52. The van der Waals surface area contributed by atoms with Crippen LogP contribution in [0.5, 0.6) is 0 Å². The molecule has 3 rings (SSSR count). The van der Waals surface area contributed by atoms with Gasteiger partial charge in [0.25, 0.3) is 0 Å². The van der Waals surface area contributed by atoms with E-state index in [-0.39, 0.29) is 0 Å². The van der Waals surface area contributed by atoms with Crippen LogP contribution in [0.3, 0.4) is 0 Å². The van der Waals surface area contributed by atoms with E-state index in [0.717, 1.165) is 0 Å². The number of aliphatic hydroxyl groups is 23. The summed E-state index contributed by atoms with van der Waals surface area (Å²) in [5, 5.41) is 240. The fourth-order valence-electron chi connectivity index (χ4n) is 6.17. The van der Waals surface area contributed by atoms with Gasteiger partial charge in [0.05, 0.1) is 12.7 Å². The molecule has 23 N–H and O–H groups in total. The maximum atomic E-state index is 11.0. The minimum absolute atomic E-state index is 0.704. The maximum absolute atomic E-state index is 11.0. The second-order valence-corrected chi connectivity index (χ2v) is 14.4. The van der Waals surface area contributed by atoms with E-state index in [1.165, 1.54) is 0 Å². The van der Waals surface area contributed by atoms with Gasteiger partial charge in [-0.25, -0.2) is 0 Å². The van der Waals surface area contributed by atoms with Crippen molar-refractivity contribution in [2.24, 2.45) is 0 Å². The molecule has 0 amide bonds. The van der Waals surface area contributed by atoms with Crippen molar-refractivity contribution in [3.8, 4) is 0 Å². The summed E-state index contributed by atoms with van der Waals surface area (Å²) in [4.78, 5) is 0. The largest absolute Gasteiger partial charge is 0.506 e. The zero-order valence-corrected chi connectivity index (χ0v) is 34.7. The molecule has 1 fully saturated rings. The molecule has 17 unspecified atom stereocenters. The Bertz CT molecular complexity index is 1570. The Morgan fingerprint density at radius 3 is 0.970 bits per heavy atom. The lowest BCUT2D eigenvalue weighted by atomic mass is 9.98. The molecule has 66 heavy (non-hydrogen) atoms. The van der Waals surface area contributed by atoms with E-state index in [0.29, 0.717) is 0 Å². The van der Waals surface area contributed by atoms with Gasteiger partial charge in [-0.15, -0.1) is 0 Å². The minimum atomic E-state index is -2.79. The molecule has 17 atom stereocenters. The van der Waals surface area contributed by atoms with E-state index in [9.17, 15) is 117 Å². The topological polar surface area (TPSA) is 530 Å². The molecule has 0 radical (unpaired) electrons. The van der Waals surface area contributed by atoms with Crippen molar-refractivity contribution in [1.82, 2.24) is 0 Å². The second-order valence-electron chi connectivity index (χ2n) is 14.4. The molecular weight excluding hydrogens is 912 g/mol. The van der Waals surface area contributed by atoms with Gasteiger partial charge in [-0.05, 0) is 6.42 Å². The average Bonchev–Trinajstić information content (AvgIpc) is 3.29. The second kappa shape index (κ2) is 28.1. The molecule has 3 aliphatic heterocycles. The average molecular weight is 975 g/mol. The van der Waals surface area contributed by atoms with E-state index in [2.05, 4.69) is 0 Å². The summed E-state index contributed by atoms with van der Waals surface area (Å²) in [5.41, 5.74) is 0. The Morgan fingerprint density at radius 2 is 0.636 bits per heavy atom. The lowest BCUT2D eigenvalue weighted by Crippen LogP contribution is -2.62. The molecule has 386 valence electrons. The first-order chi connectivity index (χ1) is 31.1. The van der Waals surface area contributed by atoms with Gasteiger partial charge in [0.15, 0.2) is 58.7 Å². The highest BCUT2D eigenvalue weighted by Gasteiger charge is 2.49. The van der Waals surface area contributed by atoms with Gasteiger partial charge in [-0.2, -0.15) is 0 Å². The first kappa shape index (κ1) is 58.6. The Balaban J connectivity index is 2.78. The summed E-state index contributed by atoms with van der Waals surface area (Å²) in [6, 6.07) is 0. The Morgan fingerprint density at radius 1 is 0.303 bits per heavy atom. The Kier molecular flexibility index (Phi) is 24.9. The number of fused-ring (bicyclic) bond motifs is 23. The Labute approximate surface area is 373 Å². The summed E-state index contributed by atoms with van der Waals surface area (Å²) in [5.74, 6) is -12.2. The van der Waals surface area contributed by atoms with Crippen LogP contribution >= 0.6 is 0 Å². The molecule has 0 aromatic carbocycles. The van der Waals surface area contributed by atoms with Crippen molar-refractivity contribution in [3.05, 3.63) is 46.1 Å². The highest BCUT2D eigenvalue weighted by Crippen LogP contribution is 2.30. The molecule has 30 nitrogen and oxygen atoms in total. The zero-order chi connectivity index (χ0) is 50.2. The first-order valence-corrected chi connectivity index (χ1v) is 19.9. The summed E-state index contributed by atoms with van der Waals surface area (Å²) in [7, 11) is 0. The van der Waals surface area contributed by atoms with Crippen molar-refractivity contribution in [3.63, 3.8) is 0 Å². The van der Waals surface area contributed by atoms with Crippen LogP contribution in [0.4, 0.5) is 0 Å². The molecule has 0 saturated carbocycles. The van der Waals surface area contributed by atoms with E-state index in [1.807, 2.05) is 0 Å². The van der Waals surface area contributed by atoms with E-state index in [4.69, 9.17) is 33.2 Å². The molecule has 0 aliphatic carbocycles. The molecular formula is C36H62O30. The molecule has 2 bridgehead atoms. The SMILES string of the molecule is OCCC1OC(O)/C(O)=C(\O)C(CCO)OC2OC(CO)C(OC(O)C(O)C(O)C(CCO)OC(O)/C(O)=C(\O)C(CCO)OC(O)/C(O)=C(\O)C(CCO)OC(O)/C(O)=C\1O)C(O)C2O. The summed E-state index contributed by atoms with van der Waals surface area (Å²) < 4.78 is 36.1. The van der Waals surface area contributed by atoms with E-state index >= 15 is 0 Å². The predicted molar refractivity (Wildman–Crippen MR) is 207 cm³/mol. The lowest BCUT2D eigenvalue weighted by Gasteiger charge is -2.43. The summed E-state index contributed by atoms with van der Waals surface area (Å²) >= 11 is 0. The van der Waals surface area contributed by atoms with Crippen LogP contribution in [-0.2, 0) is 33.2 Å². The van der Waals surface area contributed by atoms with Gasteiger partial charge < -0.3 is 151 Å². The highest BCUT2D eigenvalue weighted by atomic mass is 16.7. The normalized spacial score (nSPS) is 42.0. The van der Waals surface area contributed by atoms with Crippen LogP contribution in [0, 0.1) is 0 Å².